The fraction of sp³-hybridized carbons (Fsp3) is 0.182. The molecule has 2 rings (SSSR count). The minimum absolute atomic E-state index is 0.0711. The summed E-state index contributed by atoms with van der Waals surface area (Å²) in [6.45, 7) is 0. The lowest BCUT2D eigenvalue weighted by atomic mass is 10.1. The number of aromatic nitrogens is 1. The van der Waals surface area contributed by atoms with E-state index >= 15 is 0 Å². The molecule has 2 N–H and O–H groups in total. The van der Waals surface area contributed by atoms with Gasteiger partial charge in [-0.05, 0) is 12.1 Å². The van der Waals surface area contributed by atoms with Crippen molar-refractivity contribution in [3.8, 4) is 0 Å². The minimum atomic E-state index is -4.53. The van der Waals surface area contributed by atoms with Crippen molar-refractivity contribution in [1.82, 2.24) is 4.98 Å². The molecule has 1 aromatic carbocycles. The maximum Gasteiger partial charge on any atom is 0.443 e. The number of nitrogens with zero attached hydrogens (tertiary/aromatic N) is 1. The Kier molecular flexibility index (Phi) is 3.80. The Hall–Kier alpha value is -1.18. The van der Waals surface area contributed by atoms with Gasteiger partial charge >= 0.3 is 6.18 Å². The van der Waals surface area contributed by atoms with Crippen LogP contribution in [0.4, 0.5) is 17.6 Å². The van der Waals surface area contributed by atoms with Crippen LogP contribution in [0, 0.1) is 5.82 Å². The van der Waals surface area contributed by atoms with Gasteiger partial charge in [0, 0.05) is 21.7 Å². The second-order valence-electron chi connectivity index (χ2n) is 3.71. The van der Waals surface area contributed by atoms with Crippen LogP contribution in [0.15, 0.2) is 24.4 Å². The summed E-state index contributed by atoms with van der Waals surface area (Å²) < 4.78 is 50.9. The Bertz CT molecular complexity index is 597. The standard InChI is InChI=1S/C11H7ClF4N2S/c12-5-1-2-6(7(13)3-5)9(17)8-4-18-10(19-8)11(14,15)16/h1-4,9H,17H2. The van der Waals surface area contributed by atoms with Crippen molar-refractivity contribution < 1.29 is 17.6 Å². The molecular formula is C11H7ClF4N2S. The number of benzene rings is 1. The Morgan fingerprint density at radius 2 is 2.00 bits per heavy atom. The molecule has 0 aliphatic rings. The van der Waals surface area contributed by atoms with Crippen LogP contribution < -0.4 is 5.73 Å². The fourth-order valence-corrected chi connectivity index (χ4v) is 2.43. The highest BCUT2D eigenvalue weighted by Gasteiger charge is 2.35. The normalized spacial score (nSPS) is 13.6. The molecule has 0 bridgehead atoms. The van der Waals surface area contributed by atoms with Gasteiger partial charge < -0.3 is 5.73 Å². The van der Waals surface area contributed by atoms with Gasteiger partial charge in [-0.3, -0.25) is 0 Å². The molecule has 1 aromatic heterocycles. The van der Waals surface area contributed by atoms with Crippen LogP contribution in [0.5, 0.6) is 0 Å². The summed E-state index contributed by atoms with van der Waals surface area (Å²) in [5, 5.41) is -0.818. The van der Waals surface area contributed by atoms with E-state index in [9.17, 15) is 17.6 Å². The number of alkyl halides is 3. The van der Waals surface area contributed by atoms with E-state index in [0.29, 0.717) is 11.3 Å². The highest BCUT2D eigenvalue weighted by molar-refractivity contribution is 7.11. The predicted octanol–water partition coefficient (Wildman–Crippen LogP) is 4.00. The van der Waals surface area contributed by atoms with Gasteiger partial charge in [-0.2, -0.15) is 13.2 Å². The lowest BCUT2D eigenvalue weighted by molar-refractivity contribution is -0.137. The highest BCUT2D eigenvalue weighted by atomic mass is 35.5. The van der Waals surface area contributed by atoms with Gasteiger partial charge in [0.05, 0.1) is 6.04 Å². The molecule has 0 saturated carbocycles. The molecule has 0 aliphatic carbocycles. The fourth-order valence-electron chi connectivity index (χ4n) is 1.47. The molecule has 2 aromatic rings. The molecule has 1 unspecified atom stereocenters. The number of hydrogen-bond donors (Lipinski definition) is 1. The van der Waals surface area contributed by atoms with Crippen molar-refractivity contribution in [3.05, 3.63) is 50.7 Å². The van der Waals surface area contributed by atoms with Crippen LogP contribution in [-0.2, 0) is 6.18 Å². The van der Waals surface area contributed by atoms with E-state index in [1.165, 1.54) is 12.1 Å². The summed E-state index contributed by atoms with van der Waals surface area (Å²) in [5.41, 5.74) is 5.81. The van der Waals surface area contributed by atoms with Crippen molar-refractivity contribution in [3.63, 3.8) is 0 Å². The van der Waals surface area contributed by atoms with Crippen LogP contribution in [0.3, 0.4) is 0 Å². The van der Waals surface area contributed by atoms with Gasteiger partial charge in [-0.25, -0.2) is 9.37 Å². The Morgan fingerprint density at radius 1 is 1.32 bits per heavy atom. The largest absolute Gasteiger partial charge is 0.443 e. The van der Waals surface area contributed by atoms with Crippen LogP contribution >= 0.6 is 22.9 Å². The van der Waals surface area contributed by atoms with Crippen LogP contribution in [0.25, 0.3) is 0 Å². The van der Waals surface area contributed by atoms with Crippen molar-refractivity contribution >= 4 is 22.9 Å². The molecule has 0 radical (unpaired) electrons. The Balaban J connectivity index is 2.34. The summed E-state index contributed by atoms with van der Waals surface area (Å²) in [6.07, 6.45) is -3.52. The molecule has 0 fully saturated rings. The zero-order valence-corrected chi connectivity index (χ0v) is 10.8. The number of rotatable bonds is 2. The minimum Gasteiger partial charge on any atom is -0.319 e. The smallest absolute Gasteiger partial charge is 0.319 e. The van der Waals surface area contributed by atoms with Gasteiger partial charge in [-0.15, -0.1) is 11.3 Å². The van der Waals surface area contributed by atoms with Crippen LogP contribution in [0.2, 0.25) is 5.02 Å². The van der Waals surface area contributed by atoms with Gasteiger partial charge in [0.15, 0.2) is 5.01 Å². The number of thiazole rings is 1. The average molecular weight is 311 g/mol. The lowest BCUT2D eigenvalue weighted by Crippen LogP contribution is -2.12. The highest BCUT2D eigenvalue weighted by Crippen LogP contribution is 2.35. The molecule has 0 amide bonds. The summed E-state index contributed by atoms with van der Waals surface area (Å²) in [6, 6.07) is 2.81. The van der Waals surface area contributed by atoms with Crippen LogP contribution in [-0.4, -0.2) is 4.98 Å². The maximum atomic E-state index is 13.6. The first kappa shape index (κ1) is 14.2. The summed E-state index contributed by atoms with van der Waals surface area (Å²) in [7, 11) is 0. The Morgan fingerprint density at radius 3 is 2.53 bits per heavy atom. The molecule has 1 heterocycles. The number of halogens is 5. The third kappa shape index (κ3) is 3.05. The molecule has 0 aliphatic heterocycles. The zero-order valence-electron chi connectivity index (χ0n) is 9.21. The van der Waals surface area contributed by atoms with E-state index in [4.69, 9.17) is 17.3 Å². The third-order valence-corrected chi connectivity index (χ3v) is 3.73. The molecule has 8 heteroatoms. The van der Waals surface area contributed by atoms with Gasteiger partial charge in [0.25, 0.3) is 0 Å². The van der Waals surface area contributed by atoms with E-state index in [2.05, 4.69) is 4.98 Å². The predicted molar refractivity (Wildman–Crippen MR) is 64.6 cm³/mol. The number of nitrogens with two attached hydrogens (primary N) is 1. The van der Waals surface area contributed by atoms with Crippen molar-refractivity contribution in [2.45, 2.75) is 12.2 Å². The first-order chi connectivity index (χ1) is 8.79. The van der Waals surface area contributed by atoms with Gasteiger partial charge in [-0.1, -0.05) is 17.7 Å². The van der Waals surface area contributed by atoms with Crippen molar-refractivity contribution in [1.29, 1.82) is 0 Å². The summed E-state index contributed by atoms with van der Waals surface area (Å²) in [5.74, 6) is -0.665. The van der Waals surface area contributed by atoms with Crippen molar-refractivity contribution in [2.24, 2.45) is 5.73 Å². The first-order valence-electron chi connectivity index (χ1n) is 5.02. The SMILES string of the molecule is NC(c1cnc(C(F)(F)F)s1)c1ccc(Cl)cc1F. The van der Waals surface area contributed by atoms with Crippen molar-refractivity contribution in [2.75, 3.05) is 0 Å². The molecule has 0 spiro atoms. The lowest BCUT2D eigenvalue weighted by Gasteiger charge is -2.10. The molecule has 0 saturated heterocycles. The molecule has 1 atom stereocenters. The van der Waals surface area contributed by atoms with E-state index in [0.717, 1.165) is 12.3 Å². The average Bonchev–Trinajstić information content (AvgIpc) is 2.76. The van der Waals surface area contributed by atoms with E-state index in [-0.39, 0.29) is 15.5 Å². The topological polar surface area (TPSA) is 38.9 Å². The monoisotopic (exact) mass is 310 g/mol. The molecule has 19 heavy (non-hydrogen) atoms. The van der Waals surface area contributed by atoms with E-state index in [1.54, 1.807) is 0 Å². The summed E-state index contributed by atoms with van der Waals surface area (Å²) in [4.78, 5) is 3.38. The molecular weight excluding hydrogens is 304 g/mol. The Labute approximate surface area is 114 Å². The van der Waals surface area contributed by atoms with E-state index < -0.39 is 23.0 Å². The second kappa shape index (κ2) is 5.07. The third-order valence-electron chi connectivity index (χ3n) is 2.37. The van der Waals surface area contributed by atoms with Gasteiger partial charge in [0.2, 0.25) is 0 Å². The zero-order chi connectivity index (χ0) is 14.2. The maximum absolute atomic E-state index is 13.6. The molecule has 2 nitrogen and oxygen atoms in total. The molecule has 102 valence electrons. The number of hydrogen-bond acceptors (Lipinski definition) is 3. The second-order valence-corrected chi connectivity index (χ2v) is 5.21. The first-order valence-corrected chi connectivity index (χ1v) is 6.22. The van der Waals surface area contributed by atoms with Crippen LogP contribution in [0.1, 0.15) is 21.5 Å². The quantitative estimate of drug-likeness (QED) is 0.851. The van der Waals surface area contributed by atoms with Gasteiger partial charge in [0.1, 0.15) is 5.82 Å². The van der Waals surface area contributed by atoms with E-state index in [1.807, 2.05) is 0 Å². The summed E-state index contributed by atoms with van der Waals surface area (Å²) >= 11 is 5.99.